The number of benzene rings is 1. The Kier molecular flexibility index (Phi) is 2.32. The molecule has 0 unspecified atom stereocenters. The van der Waals surface area contributed by atoms with Gasteiger partial charge in [0.25, 0.3) is 0 Å². The van der Waals surface area contributed by atoms with Gasteiger partial charge in [-0.15, -0.1) is 0 Å². The van der Waals surface area contributed by atoms with Crippen molar-refractivity contribution in [3.05, 3.63) is 47.8 Å². The largest absolute Gasteiger partial charge is 0.256 e. The summed E-state index contributed by atoms with van der Waals surface area (Å²) in [5.41, 5.74) is 2.33. The molecule has 2 rings (SSSR count). The first kappa shape index (κ1) is 8.95. The van der Waals surface area contributed by atoms with Gasteiger partial charge in [0, 0.05) is 11.6 Å². The second-order valence-corrected chi connectivity index (χ2v) is 3.64. The molecule has 1 aromatic heterocycles. The van der Waals surface area contributed by atoms with Crippen LogP contribution in [0.4, 0.5) is 0 Å². The number of fused-ring (bicyclic) bond motifs is 1. The van der Waals surface area contributed by atoms with Crippen LogP contribution in [-0.4, -0.2) is 4.98 Å². The van der Waals surface area contributed by atoms with Crippen LogP contribution in [0.15, 0.2) is 42.1 Å². The summed E-state index contributed by atoms with van der Waals surface area (Å²) >= 11 is 0. The van der Waals surface area contributed by atoms with Crippen molar-refractivity contribution in [3.63, 3.8) is 0 Å². The molecule has 1 heteroatoms. The summed E-state index contributed by atoms with van der Waals surface area (Å²) in [5, 5.41) is 2.46. The molecule has 0 saturated heterocycles. The molecule has 0 aliphatic rings. The Morgan fingerprint density at radius 1 is 1.14 bits per heavy atom. The van der Waals surface area contributed by atoms with Gasteiger partial charge in [-0.05, 0) is 31.4 Å². The van der Waals surface area contributed by atoms with Gasteiger partial charge in [0.15, 0.2) is 0 Å². The molecule has 1 nitrogen and oxygen atoms in total. The van der Waals surface area contributed by atoms with Gasteiger partial charge < -0.3 is 0 Å². The summed E-state index contributed by atoms with van der Waals surface area (Å²) < 4.78 is 0. The van der Waals surface area contributed by atoms with Crippen LogP contribution in [0.5, 0.6) is 0 Å². The molecule has 1 aromatic carbocycles. The van der Waals surface area contributed by atoms with Crippen molar-refractivity contribution < 1.29 is 0 Å². The minimum atomic E-state index is 1.06. The van der Waals surface area contributed by atoms with Crippen LogP contribution in [0.1, 0.15) is 19.5 Å². The summed E-state index contributed by atoms with van der Waals surface area (Å²) in [4.78, 5) is 4.37. The first-order valence-electron chi connectivity index (χ1n) is 4.76. The summed E-state index contributed by atoms with van der Waals surface area (Å²) in [6.45, 7) is 4.17. The van der Waals surface area contributed by atoms with Crippen LogP contribution in [0, 0.1) is 0 Å². The third kappa shape index (κ3) is 1.67. The van der Waals surface area contributed by atoms with Crippen LogP contribution in [0.3, 0.4) is 0 Å². The first-order chi connectivity index (χ1) is 6.77. The number of pyridine rings is 1. The Bertz CT molecular complexity index is 474. The zero-order valence-corrected chi connectivity index (χ0v) is 8.49. The van der Waals surface area contributed by atoms with Crippen molar-refractivity contribution in [2.24, 2.45) is 0 Å². The zero-order valence-electron chi connectivity index (χ0n) is 8.49. The highest BCUT2D eigenvalue weighted by molar-refractivity contribution is 5.88. The molecule has 0 amide bonds. The van der Waals surface area contributed by atoms with Gasteiger partial charge in [0.05, 0.1) is 5.69 Å². The highest BCUT2D eigenvalue weighted by Crippen LogP contribution is 2.18. The van der Waals surface area contributed by atoms with E-state index in [0.717, 1.165) is 5.69 Å². The maximum Gasteiger partial charge on any atom is 0.0707 e. The standard InChI is InChI=1S/C13H13N/c1-10(2)9-13-12-6-4-3-5-11(12)7-8-14-13/h3-9H,1-2H3. The predicted octanol–water partition coefficient (Wildman–Crippen LogP) is 3.66. The fourth-order valence-corrected chi connectivity index (χ4v) is 1.53. The molecule has 0 atom stereocenters. The normalized spacial score (nSPS) is 10.1. The lowest BCUT2D eigenvalue weighted by Crippen LogP contribution is -1.83. The Morgan fingerprint density at radius 3 is 2.71 bits per heavy atom. The van der Waals surface area contributed by atoms with E-state index in [9.17, 15) is 0 Å². The third-order valence-electron chi connectivity index (χ3n) is 2.13. The van der Waals surface area contributed by atoms with Crippen molar-refractivity contribution in [3.8, 4) is 0 Å². The Hall–Kier alpha value is -1.63. The number of allylic oxidation sites excluding steroid dienone is 1. The van der Waals surface area contributed by atoms with Gasteiger partial charge in [-0.3, -0.25) is 4.98 Å². The second-order valence-electron chi connectivity index (χ2n) is 3.64. The van der Waals surface area contributed by atoms with Crippen molar-refractivity contribution in [1.82, 2.24) is 4.98 Å². The van der Waals surface area contributed by atoms with Crippen LogP contribution in [-0.2, 0) is 0 Å². The molecule has 1 heterocycles. The molecule has 0 bridgehead atoms. The van der Waals surface area contributed by atoms with Crippen molar-refractivity contribution in [2.75, 3.05) is 0 Å². The number of rotatable bonds is 1. The molecule has 0 N–H and O–H groups in total. The van der Waals surface area contributed by atoms with Crippen LogP contribution >= 0.6 is 0 Å². The van der Waals surface area contributed by atoms with Crippen molar-refractivity contribution in [1.29, 1.82) is 0 Å². The molecular weight excluding hydrogens is 170 g/mol. The molecule has 70 valence electrons. The van der Waals surface area contributed by atoms with Gasteiger partial charge in [-0.25, -0.2) is 0 Å². The molecule has 2 aromatic rings. The van der Waals surface area contributed by atoms with E-state index in [4.69, 9.17) is 0 Å². The Morgan fingerprint density at radius 2 is 1.93 bits per heavy atom. The average Bonchev–Trinajstić information content (AvgIpc) is 2.18. The van der Waals surface area contributed by atoms with E-state index in [1.54, 1.807) is 0 Å². The highest BCUT2D eigenvalue weighted by Gasteiger charge is 1.97. The second kappa shape index (κ2) is 3.62. The maximum atomic E-state index is 4.37. The molecule has 0 fully saturated rings. The lowest BCUT2D eigenvalue weighted by atomic mass is 10.1. The molecule has 0 saturated carbocycles. The van der Waals surface area contributed by atoms with Crippen molar-refractivity contribution in [2.45, 2.75) is 13.8 Å². The van der Waals surface area contributed by atoms with E-state index in [1.165, 1.54) is 16.3 Å². The van der Waals surface area contributed by atoms with E-state index < -0.39 is 0 Å². The monoisotopic (exact) mass is 183 g/mol. The van der Waals surface area contributed by atoms with E-state index >= 15 is 0 Å². The molecule has 0 spiro atoms. The fourth-order valence-electron chi connectivity index (χ4n) is 1.53. The fraction of sp³-hybridized carbons (Fsp3) is 0.154. The van der Waals surface area contributed by atoms with Gasteiger partial charge in [0.1, 0.15) is 0 Å². The van der Waals surface area contributed by atoms with E-state index in [1.807, 2.05) is 18.3 Å². The Balaban J connectivity index is 2.71. The minimum absolute atomic E-state index is 1.06. The first-order valence-corrected chi connectivity index (χ1v) is 4.76. The van der Waals surface area contributed by atoms with Gasteiger partial charge in [-0.1, -0.05) is 29.8 Å². The molecule has 0 radical (unpaired) electrons. The highest BCUT2D eigenvalue weighted by atomic mass is 14.7. The van der Waals surface area contributed by atoms with E-state index in [0.29, 0.717) is 0 Å². The maximum absolute atomic E-state index is 4.37. The number of nitrogens with zero attached hydrogens (tertiary/aromatic N) is 1. The quantitative estimate of drug-likeness (QED) is 0.657. The summed E-state index contributed by atoms with van der Waals surface area (Å²) in [7, 11) is 0. The smallest absolute Gasteiger partial charge is 0.0707 e. The lowest BCUT2D eigenvalue weighted by molar-refractivity contribution is 1.31. The van der Waals surface area contributed by atoms with Crippen LogP contribution in [0.2, 0.25) is 0 Å². The summed E-state index contributed by atoms with van der Waals surface area (Å²) in [6, 6.07) is 10.4. The summed E-state index contributed by atoms with van der Waals surface area (Å²) in [6.07, 6.45) is 3.97. The topological polar surface area (TPSA) is 12.9 Å². The summed E-state index contributed by atoms with van der Waals surface area (Å²) in [5.74, 6) is 0. The van der Waals surface area contributed by atoms with Crippen LogP contribution in [0.25, 0.3) is 16.8 Å². The van der Waals surface area contributed by atoms with Gasteiger partial charge in [-0.2, -0.15) is 0 Å². The zero-order chi connectivity index (χ0) is 9.97. The average molecular weight is 183 g/mol. The van der Waals surface area contributed by atoms with E-state index in [2.05, 4.69) is 43.1 Å². The van der Waals surface area contributed by atoms with Crippen molar-refractivity contribution >= 4 is 16.8 Å². The number of hydrogen-bond acceptors (Lipinski definition) is 1. The Labute approximate surface area is 84.1 Å². The molecule has 0 aliphatic heterocycles. The molecular formula is C13H13N. The minimum Gasteiger partial charge on any atom is -0.256 e. The predicted molar refractivity (Wildman–Crippen MR) is 61.1 cm³/mol. The van der Waals surface area contributed by atoms with Crippen LogP contribution < -0.4 is 0 Å². The molecule has 14 heavy (non-hydrogen) atoms. The van der Waals surface area contributed by atoms with E-state index in [-0.39, 0.29) is 0 Å². The van der Waals surface area contributed by atoms with Gasteiger partial charge in [0.2, 0.25) is 0 Å². The lowest BCUT2D eigenvalue weighted by Gasteiger charge is -2.01. The SMILES string of the molecule is CC(C)=Cc1nccc2ccccc12. The number of hydrogen-bond donors (Lipinski definition) is 0. The third-order valence-corrected chi connectivity index (χ3v) is 2.13. The van der Waals surface area contributed by atoms with Gasteiger partial charge >= 0.3 is 0 Å². The molecule has 0 aliphatic carbocycles. The number of aromatic nitrogens is 1.